The lowest BCUT2D eigenvalue weighted by Crippen LogP contribution is -2.53. The minimum absolute atomic E-state index is 0.00694. The van der Waals surface area contributed by atoms with Gasteiger partial charge in [-0.15, -0.1) is 0 Å². The molecule has 2 aromatic carbocycles. The first-order valence-corrected chi connectivity index (χ1v) is 9.80. The molecule has 2 atom stereocenters. The second-order valence-corrected chi connectivity index (χ2v) is 6.90. The number of aliphatic hydroxyl groups is 1. The molecule has 1 aliphatic rings. The van der Waals surface area contributed by atoms with E-state index < -0.39 is 30.3 Å². The lowest BCUT2D eigenvalue weighted by Gasteiger charge is -2.25. The van der Waals surface area contributed by atoms with Crippen molar-refractivity contribution in [3.05, 3.63) is 71.8 Å². The summed E-state index contributed by atoms with van der Waals surface area (Å²) in [5.74, 6) is -0.847. The number of rotatable bonds is 9. The summed E-state index contributed by atoms with van der Waals surface area (Å²) in [6.45, 7) is 0.229. The molecule has 2 aromatic rings. The monoisotopic (exact) mass is 428 g/mol. The molecule has 1 aliphatic heterocycles. The smallest absolute Gasteiger partial charge is 0.410 e. The van der Waals surface area contributed by atoms with Gasteiger partial charge < -0.3 is 29.5 Å². The Bertz CT molecular complexity index is 876. The van der Waals surface area contributed by atoms with Gasteiger partial charge in [0.1, 0.15) is 25.9 Å². The predicted octanol–water partition coefficient (Wildman–Crippen LogP) is 1.84. The fourth-order valence-corrected chi connectivity index (χ4v) is 2.95. The Balaban J connectivity index is 1.61. The Kier molecular flexibility index (Phi) is 7.83. The zero-order valence-electron chi connectivity index (χ0n) is 16.8. The molecule has 0 aliphatic carbocycles. The standard InChI is InChI=1S/C22H24N2O7/c25-18(13-24-11-12-29-22(24)28)19(20(26)30-14-16-7-3-1-4-8-16)23-21(27)31-15-17-9-5-2-6-10-17/h1-10,18-19,25H,11-15H2,(H,23,27)/t18-,19-/m0/s1. The van der Waals surface area contributed by atoms with Crippen LogP contribution in [0.15, 0.2) is 60.7 Å². The van der Waals surface area contributed by atoms with Crippen LogP contribution < -0.4 is 5.32 Å². The molecule has 31 heavy (non-hydrogen) atoms. The molecule has 0 bridgehead atoms. The molecule has 9 nitrogen and oxygen atoms in total. The maximum atomic E-state index is 12.6. The summed E-state index contributed by atoms with van der Waals surface area (Å²) < 4.78 is 15.2. The number of β-amino-alcohol motifs (C(OH)–C–C–N with tert-alkyl or cyclic N) is 1. The van der Waals surface area contributed by atoms with E-state index in [-0.39, 0.29) is 32.9 Å². The van der Waals surface area contributed by atoms with Gasteiger partial charge in [-0.3, -0.25) is 0 Å². The van der Waals surface area contributed by atoms with Crippen LogP contribution in [0.2, 0.25) is 0 Å². The van der Waals surface area contributed by atoms with Gasteiger partial charge in [0.15, 0.2) is 6.04 Å². The van der Waals surface area contributed by atoms with Crippen LogP contribution in [0.4, 0.5) is 9.59 Å². The third-order valence-electron chi connectivity index (χ3n) is 4.60. The highest BCUT2D eigenvalue weighted by atomic mass is 16.6. The molecule has 9 heteroatoms. The van der Waals surface area contributed by atoms with Crippen molar-refractivity contribution >= 4 is 18.2 Å². The van der Waals surface area contributed by atoms with Gasteiger partial charge in [0.05, 0.1) is 13.1 Å². The largest absolute Gasteiger partial charge is 0.459 e. The van der Waals surface area contributed by atoms with Gasteiger partial charge in [0.25, 0.3) is 0 Å². The van der Waals surface area contributed by atoms with Crippen LogP contribution >= 0.6 is 0 Å². The van der Waals surface area contributed by atoms with E-state index in [4.69, 9.17) is 14.2 Å². The number of benzene rings is 2. The van der Waals surface area contributed by atoms with Crippen molar-refractivity contribution in [1.82, 2.24) is 10.2 Å². The molecule has 3 rings (SSSR count). The molecule has 0 unspecified atom stereocenters. The van der Waals surface area contributed by atoms with Crippen LogP contribution in [0.1, 0.15) is 11.1 Å². The number of hydrogen-bond donors (Lipinski definition) is 2. The molecule has 2 amide bonds. The Morgan fingerprint density at radius 1 is 1.00 bits per heavy atom. The highest BCUT2D eigenvalue weighted by molar-refractivity contribution is 5.82. The van der Waals surface area contributed by atoms with Gasteiger partial charge in [0, 0.05) is 0 Å². The number of ether oxygens (including phenoxy) is 3. The molecule has 164 valence electrons. The molecule has 0 radical (unpaired) electrons. The first kappa shape index (κ1) is 22.1. The zero-order valence-corrected chi connectivity index (χ0v) is 16.8. The Morgan fingerprint density at radius 3 is 2.13 bits per heavy atom. The van der Waals surface area contributed by atoms with Gasteiger partial charge in [0.2, 0.25) is 0 Å². The minimum Gasteiger partial charge on any atom is -0.459 e. The van der Waals surface area contributed by atoms with Crippen LogP contribution in [0.5, 0.6) is 0 Å². The molecule has 0 aromatic heterocycles. The number of cyclic esters (lactones) is 1. The fourth-order valence-electron chi connectivity index (χ4n) is 2.95. The van der Waals surface area contributed by atoms with Crippen LogP contribution in [0.25, 0.3) is 0 Å². The SMILES string of the molecule is O=C(N[C@H](C(=O)OCc1ccccc1)[C@@H](O)CN1CCOC1=O)OCc1ccccc1. The Morgan fingerprint density at radius 2 is 1.58 bits per heavy atom. The van der Waals surface area contributed by atoms with Gasteiger partial charge >= 0.3 is 18.2 Å². The molecule has 1 heterocycles. The van der Waals surface area contributed by atoms with Crippen molar-refractivity contribution < 1.29 is 33.7 Å². The molecule has 2 N–H and O–H groups in total. The van der Waals surface area contributed by atoms with Gasteiger partial charge in [-0.25, -0.2) is 14.4 Å². The molecular weight excluding hydrogens is 404 g/mol. The number of carbonyl (C=O) groups is 3. The van der Waals surface area contributed by atoms with E-state index in [2.05, 4.69) is 5.32 Å². The number of esters is 1. The summed E-state index contributed by atoms with van der Waals surface area (Å²) in [5, 5.41) is 12.9. The average Bonchev–Trinajstić information content (AvgIpc) is 3.20. The third-order valence-corrected chi connectivity index (χ3v) is 4.60. The molecule has 0 spiro atoms. The molecular formula is C22H24N2O7. The summed E-state index contributed by atoms with van der Waals surface area (Å²) >= 11 is 0. The molecule has 1 saturated heterocycles. The number of alkyl carbamates (subject to hydrolysis) is 1. The van der Waals surface area contributed by atoms with E-state index in [9.17, 15) is 19.5 Å². The highest BCUT2D eigenvalue weighted by Gasteiger charge is 2.34. The maximum Gasteiger partial charge on any atom is 0.410 e. The number of carbonyl (C=O) groups excluding carboxylic acids is 3. The lowest BCUT2D eigenvalue weighted by atomic mass is 10.1. The quantitative estimate of drug-likeness (QED) is 0.463. The average molecular weight is 428 g/mol. The topological polar surface area (TPSA) is 114 Å². The molecule has 0 saturated carbocycles. The Labute approximate surface area is 179 Å². The van der Waals surface area contributed by atoms with Crippen LogP contribution in [-0.2, 0) is 32.2 Å². The first-order valence-electron chi connectivity index (χ1n) is 9.80. The fraction of sp³-hybridized carbons (Fsp3) is 0.318. The van der Waals surface area contributed by atoms with Crippen molar-refractivity contribution in [1.29, 1.82) is 0 Å². The second kappa shape index (κ2) is 11.0. The van der Waals surface area contributed by atoms with E-state index in [1.165, 1.54) is 4.90 Å². The maximum absolute atomic E-state index is 12.6. The van der Waals surface area contributed by atoms with E-state index in [0.717, 1.165) is 11.1 Å². The van der Waals surface area contributed by atoms with Gasteiger partial charge in [-0.2, -0.15) is 0 Å². The Hall–Kier alpha value is -3.59. The van der Waals surface area contributed by atoms with E-state index >= 15 is 0 Å². The number of hydrogen-bond acceptors (Lipinski definition) is 7. The highest BCUT2D eigenvalue weighted by Crippen LogP contribution is 2.10. The summed E-state index contributed by atoms with van der Waals surface area (Å²) in [6.07, 6.45) is -2.91. The molecule has 1 fully saturated rings. The van der Waals surface area contributed by atoms with Gasteiger partial charge in [-0.05, 0) is 11.1 Å². The van der Waals surface area contributed by atoms with Crippen LogP contribution in [-0.4, -0.2) is 60.0 Å². The van der Waals surface area contributed by atoms with Crippen molar-refractivity contribution in [3.63, 3.8) is 0 Å². The zero-order chi connectivity index (χ0) is 22.1. The summed E-state index contributed by atoms with van der Waals surface area (Å²) in [5.41, 5.74) is 1.51. The van der Waals surface area contributed by atoms with Crippen LogP contribution in [0, 0.1) is 0 Å². The van der Waals surface area contributed by atoms with Crippen LogP contribution in [0.3, 0.4) is 0 Å². The summed E-state index contributed by atoms with van der Waals surface area (Å²) in [4.78, 5) is 37.8. The van der Waals surface area contributed by atoms with Crippen molar-refractivity contribution in [2.75, 3.05) is 19.7 Å². The first-order chi connectivity index (χ1) is 15.0. The third kappa shape index (κ3) is 6.71. The van der Waals surface area contributed by atoms with Gasteiger partial charge in [-0.1, -0.05) is 60.7 Å². The number of nitrogens with zero attached hydrogens (tertiary/aromatic N) is 1. The van der Waals surface area contributed by atoms with E-state index in [1.807, 2.05) is 12.1 Å². The summed E-state index contributed by atoms with van der Waals surface area (Å²) in [6, 6.07) is 16.6. The second-order valence-electron chi connectivity index (χ2n) is 6.90. The van der Waals surface area contributed by atoms with Crippen molar-refractivity contribution in [3.8, 4) is 0 Å². The minimum atomic E-state index is -1.43. The predicted molar refractivity (Wildman–Crippen MR) is 109 cm³/mol. The number of nitrogens with one attached hydrogen (secondary N) is 1. The van der Waals surface area contributed by atoms with Crippen molar-refractivity contribution in [2.24, 2.45) is 0 Å². The lowest BCUT2D eigenvalue weighted by molar-refractivity contribution is -0.150. The van der Waals surface area contributed by atoms with E-state index in [0.29, 0.717) is 0 Å². The normalized spacial score (nSPS) is 15.0. The van der Waals surface area contributed by atoms with E-state index in [1.54, 1.807) is 48.5 Å². The number of aliphatic hydroxyl groups excluding tert-OH is 1. The number of amides is 2. The summed E-state index contributed by atoms with van der Waals surface area (Å²) in [7, 11) is 0. The van der Waals surface area contributed by atoms with Crippen molar-refractivity contribution in [2.45, 2.75) is 25.4 Å².